The molecule has 0 aromatic heterocycles. The maximum atomic E-state index is 12.7. The Morgan fingerprint density at radius 3 is 2.55 bits per heavy atom. The molecule has 108 valence electrons. The number of nitrogens with zero attached hydrogens (tertiary/aromatic N) is 1. The van der Waals surface area contributed by atoms with Crippen molar-refractivity contribution < 1.29 is 18.0 Å². The molecule has 1 aromatic carbocycles. The normalized spacial score (nSPS) is 11.2. The van der Waals surface area contributed by atoms with Crippen molar-refractivity contribution in [3.63, 3.8) is 0 Å². The number of hydrogen-bond donors (Lipinski definition) is 2. The van der Waals surface area contributed by atoms with Crippen LogP contribution in [0.3, 0.4) is 0 Å². The van der Waals surface area contributed by atoms with Crippen molar-refractivity contribution in [3.05, 3.63) is 29.3 Å². The Kier molecular flexibility index (Phi) is 5.11. The van der Waals surface area contributed by atoms with Crippen LogP contribution in [-0.2, 0) is 11.0 Å². The van der Waals surface area contributed by atoms with E-state index in [1.165, 1.54) is 12.1 Å². The monoisotopic (exact) mass is 285 g/mol. The highest BCUT2D eigenvalue weighted by Crippen LogP contribution is 2.33. The summed E-state index contributed by atoms with van der Waals surface area (Å²) in [6, 6.07) is 4.62. The van der Waals surface area contributed by atoms with Crippen molar-refractivity contribution in [1.82, 2.24) is 5.32 Å². The summed E-state index contributed by atoms with van der Waals surface area (Å²) >= 11 is 0. The Labute approximate surface area is 114 Å². The number of amides is 1. The van der Waals surface area contributed by atoms with Gasteiger partial charge in [-0.3, -0.25) is 4.79 Å². The van der Waals surface area contributed by atoms with Crippen LogP contribution in [0.2, 0.25) is 0 Å². The van der Waals surface area contributed by atoms with Gasteiger partial charge in [0.25, 0.3) is 0 Å². The van der Waals surface area contributed by atoms with Gasteiger partial charge in [-0.2, -0.15) is 18.4 Å². The summed E-state index contributed by atoms with van der Waals surface area (Å²) in [6.07, 6.45) is -4.64. The predicted octanol–water partition coefficient (Wildman–Crippen LogP) is 2.51. The van der Waals surface area contributed by atoms with Crippen molar-refractivity contribution >= 4 is 11.6 Å². The van der Waals surface area contributed by atoms with Crippen molar-refractivity contribution in [2.24, 2.45) is 0 Å². The van der Waals surface area contributed by atoms with E-state index in [0.29, 0.717) is 0 Å². The summed E-state index contributed by atoms with van der Waals surface area (Å²) in [5.74, 6) is -0.448. The Morgan fingerprint density at radius 1 is 1.40 bits per heavy atom. The van der Waals surface area contributed by atoms with E-state index in [4.69, 9.17) is 5.26 Å². The van der Waals surface area contributed by atoms with Crippen molar-refractivity contribution in [2.45, 2.75) is 26.1 Å². The van der Waals surface area contributed by atoms with Gasteiger partial charge in [0, 0.05) is 11.7 Å². The highest BCUT2D eigenvalue weighted by atomic mass is 19.4. The molecule has 0 bridgehead atoms. The van der Waals surface area contributed by atoms with Crippen LogP contribution in [0.25, 0.3) is 0 Å². The molecule has 0 aliphatic rings. The van der Waals surface area contributed by atoms with Gasteiger partial charge in [-0.15, -0.1) is 0 Å². The summed E-state index contributed by atoms with van der Waals surface area (Å²) in [7, 11) is 0. The molecule has 20 heavy (non-hydrogen) atoms. The highest BCUT2D eigenvalue weighted by molar-refractivity contribution is 5.92. The molecule has 0 atom stereocenters. The van der Waals surface area contributed by atoms with Gasteiger partial charge in [-0.05, 0) is 18.2 Å². The average Bonchev–Trinajstić information content (AvgIpc) is 2.35. The lowest BCUT2D eigenvalue weighted by molar-refractivity contribution is -0.137. The van der Waals surface area contributed by atoms with Gasteiger partial charge in [-0.25, -0.2) is 0 Å². The maximum Gasteiger partial charge on any atom is 0.417 e. The van der Waals surface area contributed by atoms with Crippen LogP contribution in [0, 0.1) is 11.3 Å². The number of benzene rings is 1. The number of carbonyl (C=O) groups is 1. The molecule has 0 unspecified atom stereocenters. The summed E-state index contributed by atoms with van der Waals surface area (Å²) in [4.78, 5) is 11.5. The third-order valence-electron chi connectivity index (χ3n) is 2.40. The zero-order valence-corrected chi connectivity index (χ0v) is 11.0. The molecule has 0 saturated carbocycles. The first-order valence-electron chi connectivity index (χ1n) is 5.88. The minimum Gasteiger partial charge on any atom is -0.325 e. The molecule has 7 heteroatoms. The fourth-order valence-electron chi connectivity index (χ4n) is 1.46. The summed E-state index contributed by atoms with van der Waals surface area (Å²) in [5.41, 5.74) is -1.53. The molecule has 0 radical (unpaired) electrons. The van der Waals surface area contributed by atoms with Crippen LogP contribution in [0.5, 0.6) is 0 Å². The van der Waals surface area contributed by atoms with Crippen LogP contribution in [0.1, 0.15) is 25.0 Å². The molecule has 0 aliphatic carbocycles. The second-order valence-corrected chi connectivity index (χ2v) is 4.45. The second kappa shape index (κ2) is 6.39. The third-order valence-corrected chi connectivity index (χ3v) is 2.40. The molecule has 0 spiro atoms. The van der Waals surface area contributed by atoms with Gasteiger partial charge in [0.1, 0.15) is 0 Å². The van der Waals surface area contributed by atoms with E-state index in [2.05, 4.69) is 10.6 Å². The van der Waals surface area contributed by atoms with Crippen molar-refractivity contribution in [3.8, 4) is 6.07 Å². The first-order valence-corrected chi connectivity index (χ1v) is 5.88. The zero-order valence-electron chi connectivity index (χ0n) is 11.0. The van der Waals surface area contributed by atoms with Crippen LogP contribution in [0.15, 0.2) is 18.2 Å². The number of nitrogens with one attached hydrogen (secondary N) is 2. The first kappa shape index (κ1) is 16.0. The molecular formula is C13H14F3N3O. The minimum atomic E-state index is -4.64. The van der Waals surface area contributed by atoms with Crippen molar-refractivity contribution in [2.75, 3.05) is 11.9 Å². The molecule has 0 aliphatic heterocycles. The molecule has 0 fully saturated rings. The molecular weight excluding hydrogens is 271 g/mol. The standard InChI is InChI=1S/C13H14F3N3O/c1-8(2)18-7-12(20)19-10-4-3-9(6-17)11(5-10)13(14,15)16/h3-5,8,18H,7H2,1-2H3,(H,19,20). The Balaban J connectivity index is 2.88. The minimum absolute atomic E-state index is 0.000973. The lowest BCUT2D eigenvalue weighted by Gasteiger charge is -2.12. The molecule has 1 rings (SSSR count). The molecule has 2 N–H and O–H groups in total. The van der Waals surface area contributed by atoms with Crippen LogP contribution >= 0.6 is 0 Å². The predicted molar refractivity (Wildman–Crippen MR) is 67.9 cm³/mol. The number of alkyl halides is 3. The number of carbonyl (C=O) groups excluding carboxylic acids is 1. The summed E-state index contributed by atoms with van der Waals surface area (Å²) in [5, 5.41) is 13.8. The third kappa shape index (κ3) is 4.55. The van der Waals surface area contributed by atoms with Crippen molar-refractivity contribution in [1.29, 1.82) is 5.26 Å². The Morgan fingerprint density at radius 2 is 2.05 bits per heavy atom. The SMILES string of the molecule is CC(C)NCC(=O)Nc1ccc(C#N)c(C(F)(F)F)c1. The zero-order chi connectivity index (χ0) is 15.3. The smallest absolute Gasteiger partial charge is 0.325 e. The van der Waals surface area contributed by atoms with Gasteiger partial charge >= 0.3 is 6.18 Å². The van der Waals surface area contributed by atoms with E-state index in [9.17, 15) is 18.0 Å². The van der Waals surface area contributed by atoms with Crippen LogP contribution in [-0.4, -0.2) is 18.5 Å². The second-order valence-electron chi connectivity index (χ2n) is 4.45. The number of nitriles is 1. The number of hydrogen-bond acceptors (Lipinski definition) is 3. The van der Waals surface area contributed by atoms with E-state index in [1.54, 1.807) is 0 Å². The first-order chi connectivity index (χ1) is 9.24. The van der Waals surface area contributed by atoms with Gasteiger partial charge in [0.05, 0.1) is 23.7 Å². The van der Waals surface area contributed by atoms with E-state index >= 15 is 0 Å². The largest absolute Gasteiger partial charge is 0.417 e. The lowest BCUT2D eigenvalue weighted by Crippen LogP contribution is -2.32. The van der Waals surface area contributed by atoms with Gasteiger partial charge in [0.15, 0.2) is 0 Å². The van der Waals surface area contributed by atoms with Gasteiger partial charge in [0.2, 0.25) is 5.91 Å². The molecule has 4 nitrogen and oxygen atoms in total. The Bertz CT molecular complexity index is 533. The quantitative estimate of drug-likeness (QED) is 0.893. The van der Waals surface area contributed by atoms with E-state index in [-0.39, 0.29) is 18.3 Å². The molecule has 0 saturated heterocycles. The average molecular weight is 285 g/mol. The van der Waals surface area contributed by atoms with Gasteiger partial charge in [-0.1, -0.05) is 13.8 Å². The fourth-order valence-corrected chi connectivity index (χ4v) is 1.46. The van der Waals surface area contributed by atoms with Crippen LogP contribution < -0.4 is 10.6 Å². The Hall–Kier alpha value is -2.07. The highest BCUT2D eigenvalue weighted by Gasteiger charge is 2.33. The lowest BCUT2D eigenvalue weighted by atomic mass is 10.1. The maximum absolute atomic E-state index is 12.7. The topological polar surface area (TPSA) is 64.9 Å². The van der Waals surface area contributed by atoms with E-state index in [0.717, 1.165) is 12.1 Å². The summed E-state index contributed by atoms with van der Waals surface area (Å²) in [6.45, 7) is 3.69. The summed E-state index contributed by atoms with van der Waals surface area (Å²) < 4.78 is 38.2. The number of rotatable bonds is 4. The number of anilines is 1. The molecule has 1 aromatic rings. The van der Waals surface area contributed by atoms with E-state index in [1.807, 2.05) is 13.8 Å². The number of halogens is 3. The van der Waals surface area contributed by atoms with Gasteiger partial charge < -0.3 is 10.6 Å². The van der Waals surface area contributed by atoms with Crippen LogP contribution in [0.4, 0.5) is 18.9 Å². The van der Waals surface area contributed by atoms with E-state index < -0.39 is 23.2 Å². The molecule has 0 heterocycles. The molecule has 1 amide bonds. The fraction of sp³-hybridized carbons (Fsp3) is 0.385.